The zero-order valence-corrected chi connectivity index (χ0v) is 15.1. The van der Waals surface area contributed by atoms with Gasteiger partial charge in [0.1, 0.15) is 6.54 Å². The highest BCUT2D eigenvalue weighted by Gasteiger charge is 2.26. The second kappa shape index (κ2) is 6.96. The number of carboxylic acids is 1. The molecule has 6 heteroatoms. The molecular weight excluding hydrogens is 348 g/mol. The maximum Gasteiger partial charge on any atom is 0.323 e. The van der Waals surface area contributed by atoms with E-state index in [1.165, 1.54) is 5.56 Å². The summed E-state index contributed by atoms with van der Waals surface area (Å²) in [4.78, 5) is 24.7. The zero-order valence-electron chi connectivity index (χ0n) is 14.3. The molecule has 2 heterocycles. The molecule has 5 nitrogen and oxygen atoms in total. The van der Waals surface area contributed by atoms with E-state index in [9.17, 15) is 14.7 Å². The number of fused-ring (bicyclic) bond motifs is 3. The third kappa shape index (κ3) is 3.24. The van der Waals surface area contributed by atoms with E-state index in [2.05, 4.69) is 5.32 Å². The van der Waals surface area contributed by atoms with Gasteiger partial charge >= 0.3 is 5.97 Å². The summed E-state index contributed by atoms with van der Waals surface area (Å²) in [7, 11) is 0. The van der Waals surface area contributed by atoms with Crippen molar-refractivity contribution in [1.29, 1.82) is 0 Å². The van der Waals surface area contributed by atoms with Gasteiger partial charge in [-0.2, -0.15) is 0 Å². The minimum absolute atomic E-state index is 0.0226. The number of hydrogen-bond acceptors (Lipinski definition) is 3. The molecule has 26 heavy (non-hydrogen) atoms. The second-order valence-electron chi connectivity index (χ2n) is 6.69. The van der Waals surface area contributed by atoms with Crippen molar-refractivity contribution in [1.82, 2.24) is 9.88 Å². The van der Waals surface area contributed by atoms with E-state index in [4.69, 9.17) is 0 Å². The lowest BCUT2D eigenvalue weighted by molar-refractivity contribution is -0.137. The molecule has 0 radical (unpaired) electrons. The number of nitrogens with one attached hydrogen (secondary N) is 1. The molecule has 1 aliphatic rings. The Kier molecular flexibility index (Phi) is 4.51. The smallest absolute Gasteiger partial charge is 0.323 e. The largest absolute Gasteiger partial charge is 0.480 e. The molecule has 2 N–H and O–H groups in total. The summed E-state index contributed by atoms with van der Waals surface area (Å²) in [5.74, 6) is -0.782. The number of carbonyl (C=O) groups excluding carboxylic acids is 1. The van der Waals surface area contributed by atoms with Crippen LogP contribution in [0.1, 0.15) is 22.6 Å². The maximum absolute atomic E-state index is 12.3. The van der Waals surface area contributed by atoms with E-state index < -0.39 is 5.97 Å². The first-order valence-corrected chi connectivity index (χ1v) is 9.62. The van der Waals surface area contributed by atoms with Crippen molar-refractivity contribution in [2.24, 2.45) is 0 Å². The Morgan fingerprint density at radius 2 is 2.08 bits per heavy atom. The first-order chi connectivity index (χ1) is 12.6. The Morgan fingerprint density at radius 1 is 1.23 bits per heavy atom. The lowest BCUT2D eigenvalue weighted by Gasteiger charge is -2.25. The number of carbonyl (C=O) groups is 2. The zero-order chi connectivity index (χ0) is 18.1. The van der Waals surface area contributed by atoms with Gasteiger partial charge in [-0.15, -0.1) is 11.3 Å². The van der Waals surface area contributed by atoms with Crippen molar-refractivity contribution in [3.63, 3.8) is 0 Å². The fourth-order valence-electron chi connectivity index (χ4n) is 3.89. The number of thiophene rings is 1. The lowest BCUT2D eigenvalue weighted by atomic mass is 9.91. The highest BCUT2D eigenvalue weighted by Crippen LogP contribution is 2.32. The van der Waals surface area contributed by atoms with Crippen molar-refractivity contribution < 1.29 is 14.7 Å². The molecule has 1 aromatic carbocycles. The summed E-state index contributed by atoms with van der Waals surface area (Å²) < 4.78 is 1.91. The third-order valence-corrected chi connectivity index (χ3v) is 5.82. The number of amides is 1. The Morgan fingerprint density at radius 3 is 2.85 bits per heavy atom. The summed E-state index contributed by atoms with van der Waals surface area (Å²) in [6.07, 6.45) is 2.78. The van der Waals surface area contributed by atoms with E-state index >= 15 is 0 Å². The molecule has 0 aliphatic heterocycles. The number of nitrogens with zero attached hydrogens (tertiary/aromatic N) is 1. The first kappa shape index (κ1) is 16.8. The molecule has 0 saturated heterocycles. The van der Waals surface area contributed by atoms with Crippen LogP contribution in [0.25, 0.3) is 10.9 Å². The van der Waals surface area contributed by atoms with E-state index in [1.807, 2.05) is 46.3 Å². The Bertz CT molecular complexity index is 959. The molecule has 1 amide bonds. The number of para-hydroxylation sites is 1. The number of hydrogen-bond donors (Lipinski definition) is 2. The van der Waals surface area contributed by atoms with Gasteiger partial charge in [0.2, 0.25) is 5.91 Å². The van der Waals surface area contributed by atoms with Crippen molar-refractivity contribution in [3.8, 4) is 0 Å². The van der Waals surface area contributed by atoms with Gasteiger partial charge in [0.15, 0.2) is 0 Å². The number of aliphatic carboxylic acids is 1. The van der Waals surface area contributed by atoms with E-state index in [0.29, 0.717) is 6.42 Å². The van der Waals surface area contributed by atoms with Gasteiger partial charge in [-0.05, 0) is 42.3 Å². The van der Waals surface area contributed by atoms with Gasteiger partial charge in [0, 0.05) is 27.5 Å². The normalized spacial score (nSPS) is 16.4. The van der Waals surface area contributed by atoms with Crippen LogP contribution in [0.2, 0.25) is 0 Å². The van der Waals surface area contributed by atoms with Crippen LogP contribution in [0.3, 0.4) is 0 Å². The average Bonchev–Trinajstić information content (AvgIpc) is 3.22. The molecule has 1 aliphatic carbocycles. The van der Waals surface area contributed by atoms with Gasteiger partial charge in [-0.25, -0.2) is 0 Å². The standard InChI is InChI=1S/C20H20N2O3S/c23-19(11-14-4-3-9-26-14)21-13-7-8-18-16(10-13)15-5-1-2-6-17(15)22(18)12-20(24)25/h1-6,9,13H,7-8,10-12H2,(H,21,23)(H,24,25). The molecule has 134 valence electrons. The van der Waals surface area contributed by atoms with Crippen LogP contribution < -0.4 is 5.32 Å². The number of carboxylic acid groups (broad SMARTS) is 1. The van der Waals surface area contributed by atoms with Crippen LogP contribution in [0.4, 0.5) is 0 Å². The Balaban J connectivity index is 1.56. The molecule has 0 spiro atoms. The molecule has 2 aromatic heterocycles. The fourth-order valence-corrected chi connectivity index (χ4v) is 4.59. The molecule has 3 aromatic rings. The van der Waals surface area contributed by atoms with Gasteiger partial charge in [0.05, 0.1) is 6.42 Å². The van der Waals surface area contributed by atoms with Crippen molar-refractivity contribution in [2.45, 2.75) is 38.3 Å². The van der Waals surface area contributed by atoms with Crippen LogP contribution >= 0.6 is 11.3 Å². The van der Waals surface area contributed by atoms with Crippen molar-refractivity contribution in [3.05, 3.63) is 57.9 Å². The third-order valence-electron chi connectivity index (χ3n) is 4.95. The predicted octanol–water partition coefficient (Wildman–Crippen LogP) is 3.00. The fraction of sp³-hybridized carbons (Fsp3) is 0.300. The summed E-state index contributed by atoms with van der Waals surface area (Å²) in [6, 6.07) is 12.0. The van der Waals surface area contributed by atoms with E-state index in [1.54, 1.807) is 11.3 Å². The molecule has 1 atom stereocenters. The maximum atomic E-state index is 12.3. The molecule has 0 fully saturated rings. The van der Waals surface area contributed by atoms with Gasteiger partial charge in [0.25, 0.3) is 0 Å². The molecular formula is C20H20N2O3S. The van der Waals surface area contributed by atoms with Gasteiger partial charge in [-0.3, -0.25) is 9.59 Å². The number of benzene rings is 1. The van der Waals surface area contributed by atoms with Crippen molar-refractivity contribution in [2.75, 3.05) is 0 Å². The lowest BCUT2D eigenvalue weighted by Crippen LogP contribution is -2.39. The summed E-state index contributed by atoms with van der Waals surface area (Å²) in [6.45, 7) is -0.0226. The van der Waals surface area contributed by atoms with Crippen molar-refractivity contribution >= 4 is 34.1 Å². The molecule has 0 saturated carbocycles. The number of rotatable bonds is 5. The minimum atomic E-state index is -0.833. The Hall–Kier alpha value is -2.60. The van der Waals surface area contributed by atoms with Gasteiger partial charge in [-0.1, -0.05) is 24.3 Å². The quantitative estimate of drug-likeness (QED) is 0.727. The van der Waals surface area contributed by atoms with Crippen LogP contribution in [0, 0.1) is 0 Å². The topological polar surface area (TPSA) is 71.3 Å². The highest BCUT2D eigenvalue weighted by atomic mass is 32.1. The SMILES string of the molecule is O=C(O)Cn1c2c(c3ccccc31)CC(NC(=O)Cc1cccs1)CC2. The van der Waals surface area contributed by atoms with Crippen LogP contribution in [0.15, 0.2) is 41.8 Å². The predicted molar refractivity (Wildman–Crippen MR) is 102 cm³/mol. The Labute approximate surface area is 155 Å². The van der Waals surface area contributed by atoms with Crippen LogP contribution in [-0.2, 0) is 35.4 Å². The van der Waals surface area contributed by atoms with Crippen LogP contribution in [-0.4, -0.2) is 27.6 Å². The summed E-state index contributed by atoms with van der Waals surface area (Å²) in [5.41, 5.74) is 3.23. The van der Waals surface area contributed by atoms with E-state index in [-0.39, 0.29) is 18.5 Å². The molecule has 1 unspecified atom stereocenters. The monoisotopic (exact) mass is 368 g/mol. The summed E-state index contributed by atoms with van der Waals surface area (Å²) in [5, 5.41) is 15.5. The highest BCUT2D eigenvalue weighted by molar-refractivity contribution is 7.10. The van der Waals surface area contributed by atoms with Crippen LogP contribution in [0.5, 0.6) is 0 Å². The number of aromatic nitrogens is 1. The van der Waals surface area contributed by atoms with Gasteiger partial charge < -0.3 is 15.0 Å². The average molecular weight is 368 g/mol. The first-order valence-electron chi connectivity index (χ1n) is 8.74. The second-order valence-corrected chi connectivity index (χ2v) is 7.72. The molecule has 4 rings (SSSR count). The summed E-state index contributed by atoms with van der Waals surface area (Å²) >= 11 is 1.59. The molecule has 0 bridgehead atoms. The minimum Gasteiger partial charge on any atom is -0.480 e. The van der Waals surface area contributed by atoms with E-state index in [0.717, 1.165) is 40.7 Å².